The molecule has 11 heteroatoms. The van der Waals surface area contributed by atoms with Crippen LogP contribution in [0, 0.1) is 26.1 Å². The molecule has 0 unspecified atom stereocenters. The van der Waals surface area contributed by atoms with E-state index >= 15 is 0 Å². The lowest BCUT2D eigenvalue weighted by Gasteiger charge is -2.38. The molecule has 2 aliphatic rings. The molecule has 190 valence electrons. The van der Waals surface area contributed by atoms with Crippen LogP contribution in [0.3, 0.4) is 0 Å². The van der Waals surface area contributed by atoms with Gasteiger partial charge in [-0.05, 0) is 42.2 Å². The number of hydrogen-bond donors (Lipinski definition) is 2. The molecule has 5 atom stereocenters. The number of nitro groups is 2. The predicted octanol–water partition coefficient (Wildman–Crippen LogP) is 6.50. The lowest BCUT2D eigenvalue weighted by atomic mass is 9.76. The van der Waals surface area contributed by atoms with Crippen LogP contribution in [0.1, 0.15) is 36.4 Å². The molecule has 1 fully saturated rings. The van der Waals surface area contributed by atoms with Crippen molar-refractivity contribution in [3.8, 4) is 0 Å². The van der Waals surface area contributed by atoms with E-state index in [1.54, 1.807) is 42.5 Å². The number of nitrogens with zero attached hydrogens (tertiary/aromatic N) is 2. The SMILES string of the molecule is CC(=O)Nc1ccc2c(c1)[C@H]1[C@@H](Cl)[C@@H](Sc3ccccc3[N+](=O)[O-])C[C@@H]1[C@H](c1ccccc1[N+](=O)[O-])N2. The Morgan fingerprint density at radius 2 is 1.68 bits per heavy atom. The number of carbonyl (C=O) groups excluding carboxylic acids is 1. The summed E-state index contributed by atoms with van der Waals surface area (Å²) in [6.45, 7) is 1.43. The first kappa shape index (κ1) is 25.0. The van der Waals surface area contributed by atoms with Crippen molar-refractivity contribution in [3.63, 3.8) is 0 Å². The van der Waals surface area contributed by atoms with Gasteiger partial charge in [-0.1, -0.05) is 30.3 Å². The number of alkyl halides is 1. The minimum absolute atomic E-state index is 0.0213. The molecule has 1 heterocycles. The van der Waals surface area contributed by atoms with Gasteiger partial charge in [-0.15, -0.1) is 23.4 Å². The van der Waals surface area contributed by atoms with E-state index in [0.717, 1.165) is 11.3 Å². The smallest absolute Gasteiger partial charge is 0.282 e. The number of halogens is 1. The predicted molar refractivity (Wildman–Crippen MR) is 143 cm³/mol. The van der Waals surface area contributed by atoms with Crippen LogP contribution in [-0.2, 0) is 4.79 Å². The molecule has 1 amide bonds. The second kappa shape index (κ2) is 10.0. The van der Waals surface area contributed by atoms with E-state index in [2.05, 4.69) is 10.6 Å². The van der Waals surface area contributed by atoms with E-state index in [1.807, 2.05) is 12.1 Å². The summed E-state index contributed by atoms with van der Waals surface area (Å²) >= 11 is 8.51. The summed E-state index contributed by atoms with van der Waals surface area (Å²) in [5.74, 6) is -0.516. The van der Waals surface area contributed by atoms with Crippen LogP contribution in [0.25, 0.3) is 0 Å². The Labute approximate surface area is 221 Å². The van der Waals surface area contributed by atoms with Crippen LogP contribution in [0.2, 0.25) is 0 Å². The van der Waals surface area contributed by atoms with Crippen LogP contribution in [0.4, 0.5) is 22.7 Å². The van der Waals surface area contributed by atoms with Crippen LogP contribution in [0.15, 0.2) is 71.6 Å². The molecule has 3 aromatic carbocycles. The molecular weight excluding hydrogens is 516 g/mol. The van der Waals surface area contributed by atoms with Gasteiger partial charge in [0.15, 0.2) is 0 Å². The highest BCUT2D eigenvalue weighted by atomic mass is 35.5. The number of nitrogens with one attached hydrogen (secondary N) is 2. The molecule has 37 heavy (non-hydrogen) atoms. The lowest BCUT2D eigenvalue weighted by Crippen LogP contribution is -2.31. The highest BCUT2D eigenvalue weighted by molar-refractivity contribution is 8.00. The maximum atomic E-state index is 11.9. The second-order valence-corrected chi connectivity index (χ2v) is 11.0. The molecule has 3 aromatic rings. The largest absolute Gasteiger partial charge is 0.377 e. The topological polar surface area (TPSA) is 127 Å². The fraction of sp³-hybridized carbons (Fsp3) is 0.269. The Kier molecular flexibility index (Phi) is 6.78. The van der Waals surface area contributed by atoms with Crippen molar-refractivity contribution < 1.29 is 14.6 Å². The number of thioether (sulfide) groups is 1. The maximum Gasteiger partial charge on any atom is 0.282 e. The van der Waals surface area contributed by atoms with Crippen molar-refractivity contribution in [1.82, 2.24) is 0 Å². The molecular formula is C26H23ClN4O5S. The first-order chi connectivity index (χ1) is 17.7. The Balaban J connectivity index is 1.58. The minimum Gasteiger partial charge on any atom is -0.377 e. The fourth-order valence-corrected chi connectivity index (χ4v) is 7.44. The fourth-order valence-electron chi connectivity index (χ4n) is 5.49. The van der Waals surface area contributed by atoms with Gasteiger partial charge < -0.3 is 10.6 Å². The van der Waals surface area contributed by atoms with Crippen molar-refractivity contribution >= 4 is 52.0 Å². The van der Waals surface area contributed by atoms with E-state index < -0.39 is 10.3 Å². The average Bonchev–Trinajstić information content (AvgIpc) is 3.19. The van der Waals surface area contributed by atoms with Gasteiger partial charge >= 0.3 is 0 Å². The van der Waals surface area contributed by atoms with E-state index in [1.165, 1.54) is 30.8 Å². The van der Waals surface area contributed by atoms with Gasteiger partial charge in [0.05, 0.1) is 31.7 Å². The molecule has 2 N–H and O–H groups in total. The number of nitro benzene ring substituents is 2. The third kappa shape index (κ3) is 4.74. The van der Waals surface area contributed by atoms with Crippen molar-refractivity contribution in [2.45, 2.75) is 40.8 Å². The number of amides is 1. The van der Waals surface area contributed by atoms with Crippen molar-refractivity contribution in [3.05, 3.63) is 98.1 Å². The highest BCUT2D eigenvalue weighted by Crippen LogP contribution is 2.59. The van der Waals surface area contributed by atoms with E-state index in [4.69, 9.17) is 11.6 Å². The number of fused-ring (bicyclic) bond motifs is 3. The molecule has 0 bridgehead atoms. The van der Waals surface area contributed by atoms with Crippen molar-refractivity contribution in [2.75, 3.05) is 10.6 Å². The van der Waals surface area contributed by atoms with Gasteiger partial charge in [-0.2, -0.15) is 0 Å². The van der Waals surface area contributed by atoms with Gasteiger partial charge in [0.1, 0.15) is 0 Å². The quantitative estimate of drug-likeness (QED) is 0.208. The Hall–Kier alpha value is -3.63. The van der Waals surface area contributed by atoms with E-state index in [9.17, 15) is 25.0 Å². The minimum atomic E-state index is -0.409. The van der Waals surface area contributed by atoms with Gasteiger partial charge in [0, 0.05) is 41.6 Å². The molecule has 1 aliphatic carbocycles. The maximum absolute atomic E-state index is 11.9. The summed E-state index contributed by atoms with van der Waals surface area (Å²) in [6.07, 6.45) is 0.586. The van der Waals surface area contributed by atoms with Gasteiger partial charge in [-0.25, -0.2) is 0 Å². The number of anilines is 2. The highest BCUT2D eigenvalue weighted by Gasteiger charge is 2.51. The molecule has 0 spiro atoms. The standard InChI is InChI=1S/C26H23ClN4O5S/c1-14(32)28-15-10-11-19-17(12-15)24-18(26(29-19)16-6-2-3-7-20(16)30(33)34)13-23(25(24)27)37-22-9-5-4-8-21(22)31(35)36/h2-12,18,23-26,29H,13H2,1H3,(H,28,32)/t18-,23-,24+,25-,26-/m0/s1. The summed E-state index contributed by atoms with van der Waals surface area (Å²) in [5, 5.41) is 29.2. The number of benzene rings is 3. The summed E-state index contributed by atoms with van der Waals surface area (Å²) in [5.41, 5.74) is 2.96. The molecule has 0 aromatic heterocycles. The molecule has 0 saturated heterocycles. The Bertz CT molecular complexity index is 1400. The van der Waals surface area contributed by atoms with E-state index in [0.29, 0.717) is 22.6 Å². The van der Waals surface area contributed by atoms with Crippen LogP contribution < -0.4 is 10.6 Å². The third-order valence-electron chi connectivity index (χ3n) is 6.94. The van der Waals surface area contributed by atoms with Gasteiger partial charge in [0.25, 0.3) is 11.4 Å². The number of rotatable bonds is 6. The summed E-state index contributed by atoms with van der Waals surface area (Å²) in [4.78, 5) is 34.9. The Morgan fingerprint density at radius 3 is 2.38 bits per heavy atom. The van der Waals surface area contributed by atoms with Crippen LogP contribution in [-0.4, -0.2) is 26.4 Å². The molecule has 0 radical (unpaired) electrons. The zero-order chi connectivity index (χ0) is 26.3. The van der Waals surface area contributed by atoms with E-state index in [-0.39, 0.29) is 45.3 Å². The first-order valence-corrected chi connectivity index (χ1v) is 13.0. The van der Waals surface area contributed by atoms with Crippen molar-refractivity contribution in [2.24, 2.45) is 5.92 Å². The van der Waals surface area contributed by atoms with Gasteiger partial charge in [0.2, 0.25) is 5.91 Å². The molecule has 1 aliphatic heterocycles. The first-order valence-electron chi connectivity index (χ1n) is 11.7. The molecule has 5 rings (SSSR count). The Morgan fingerprint density at radius 1 is 1.00 bits per heavy atom. The zero-order valence-corrected chi connectivity index (χ0v) is 21.2. The monoisotopic (exact) mass is 538 g/mol. The molecule has 1 saturated carbocycles. The zero-order valence-electron chi connectivity index (χ0n) is 19.7. The van der Waals surface area contributed by atoms with Gasteiger partial charge in [-0.3, -0.25) is 25.0 Å². The summed E-state index contributed by atoms with van der Waals surface area (Å²) < 4.78 is 0. The van der Waals surface area contributed by atoms with Crippen molar-refractivity contribution in [1.29, 1.82) is 0 Å². The number of para-hydroxylation sites is 2. The molecule has 9 nitrogen and oxygen atoms in total. The normalized spacial score (nSPS) is 23.9. The van der Waals surface area contributed by atoms with Crippen LogP contribution >= 0.6 is 23.4 Å². The average molecular weight is 539 g/mol. The third-order valence-corrected chi connectivity index (χ3v) is 9.06. The lowest BCUT2D eigenvalue weighted by molar-refractivity contribution is -0.387. The van der Waals surface area contributed by atoms with Crippen LogP contribution in [0.5, 0.6) is 0 Å². The second-order valence-electron chi connectivity index (χ2n) is 9.17. The summed E-state index contributed by atoms with van der Waals surface area (Å²) in [6, 6.07) is 18.4. The number of hydrogen-bond acceptors (Lipinski definition) is 7. The number of carbonyl (C=O) groups is 1. The summed E-state index contributed by atoms with van der Waals surface area (Å²) in [7, 11) is 0.